The average molecular weight is 220 g/mol. The van der Waals surface area contributed by atoms with E-state index in [1.807, 2.05) is 6.07 Å². The maximum absolute atomic E-state index is 9.30. The molecule has 0 bridgehead atoms. The summed E-state index contributed by atoms with van der Waals surface area (Å²) in [6, 6.07) is 8.45. The van der Waals surface area contributed by atoms with Crippen LogP contribution in [0.1, 0.15) is 36.8 Å². The highest BCUT2D eigenvalue weighted by Crippen LogP contribution is 2.50. The highest BCUT2D eigenvalue weighted by atomic mass is 16.5. The first-order valence-corrected chi connectivity index (χ1v) is 5.93. The second kappa shape index (κ2) is 4.56. The van der Waals surface area contributed by atoms with Gasteiger partial charge < -0.3 is 9.84 Å². The topological polar surface area (TPSA) is 29.5 Å². The zero-order chi connectivity index (χ0) is 11.6. The van der Waals surface area contributed by atoms with E-state index in [0.29, 0.717) is 0 Å². The molecule has 16 heavy (non-hydrogen) atoms. The van der Waals surface area contributed by atoms with Gasteiger partial charge in [0.05, 0.1) is 6.61 Å². The molecule has 88 valence electrons. The highest BCUT2D eigenvalue weighted by Gasteiger charge is 2.45. The molecule has 1 aromatic rings. The molecule has 1 atom stereocenters. The van der Waals surface area contributed by atoms with E-state index in [2.05, 4.69) is 25.1 Å². The largest absolute Gasteiger partial charge is 0.396 e. The van der Waals surface area contributed by atoms with Gasteiger partial charge in [0.2, 0.25) is 0 Å². The quantitative estimate of drug-likeness (QED) is 0.826. The van der Waals surface area contributed by atoms with Crippen LogP contribution in [0.2, 0.25) is 0 Å². The highest BCUT2D eigenvalue weighted by molar-refractivity contribution is 5.40. The molecule has 1 saturated carbocycles. The fraction of sp³-hybridized carbons (Fsp3) is 0.571. The number of hydrogen-bond acceptors (Lipinski definition) is 2. The Kier molecular flexibility index (Phi) is 3.31. The zero-order valence-electron chi connectivity index (χ0n) is 10.1. The normalized spacial score (nSPS) is 19.4. The van der Waals surface area contributed by atoms with E-state index in [1.54, 1.807) is 7.11 Å². The van der Waals surface area contributed by atoms with Gasteiger partial charge in [-0.25, -0.2) is 0 Å². The molecule has 1 fully saturated rings. The Labute approximate surface area is 97.3 Å². The summed E-state index contributed by atoms with van der Waals surface area (Å²) in [4.78, 5) is 0. The van der Waals surface area contributed by atoms with Crippen LogP contribution in [0, 0.1) is 0 Å². The van der Waals surface area contributed by atoms with Gasteiger partial charge in [-0.1, -0.05) is 31.2 Å². The SMILES string of the molecule is COCC1(c2ccccc2C(C)CO)CC1. The smallest absolute Gasteiger partial charge is 0.0559 e. The number of methoxy groups -OCH3 is 1. The van der Waals surface area contributed by atoms with E-state index in [4.69, 9.17) is 4.74 Å². The Balaban J connectivity index is 2.33. The van der Waals surface area contributed by atoms with Crippen molar-refractivity contribution in [1.82, 2.24) is 0 Å². The minimum absolute atomic E-state index is 0.208. The van der Waals surface area contributed by atoms with Crippen LogP contribution in [0.25, 0.3) is 0 Å². The average Bonchev–Trinajstić information content (AvgIpc) is 3.09. The second-order valence-electron chi connectivity index (χ2n) is 4.88. The molecule has 0 spiro atoms. The third-order valence-corrected chi connectivity index (χ3v) is 3.61. The van der Waals surface area contributed by atoms with Crippen LogP contribution >= 0.6 is 0 Å². The Morgan fingerprint density at radius 2 is 2.06 bits per heavy atom. The van der Waals surface area contributed by atoms with Gasteiger partial charge in [-0.3, -0.25) is 0 Å². The van der Waals surface area contributed by atoms with Gasteiger partial charge in [-0.05, 0) is 24.0 Å². The van der Waals surface area contributed by atoms with Gasteiger partial charge in [-0.2, -0.15) is 0 Å². The molecule has 0 aliphatic heterocycles. The van der Waals surface area contributed by atoms with Crippen molar-refractivity contribution in [1.29, 1.82) is 0 Å². The lowest BCUT2D eigenvalue weighted by Crippen LogP contribution is -2.18. The van der Waals surface area contributed by atoms with Gasteiger partial charge in [0, 0.05) is 25.0 Å². The van der Waals surface area contributed by atoms with Crippen molar-refractivity contribution < 1.29 is 9.84 Å². The minimum atomic E-state index is 0.208. The molecular weight excluding hydrogens is 200 g/mol. The molecule has 1 N–H and O–H groups in total. The molecular formula is C14H20O2. The van der Waals surface area contributed by atoms with Crippen molar-refractivity contribution >= 4 is 0 Å². The van der Waals surface area contributed by atoms with E-state index in [9.17, 15) is 5.11 Å². The Hall–Kier alpha value is -0.860. The fourth-order valence-electron chi connectivity index (χ4n) is 2.43. The summed E-state index contributed by atoms with van der Waals surface area (Å²) in [5.74, 6) is 0.213. The molecule has 0 amide bonds. The summed E-state index contributed by atoms with van der Waals surface area (Å²) >= 11 is 0. The van der Waals surface area contributed by atoms with Crippen LogP contribution in [0.15, 0.2) is 24.3 Å². The predicted octanol–water partition coefficient (Wildman–Crippen LogP) is 2.46. The monoisotopic (exact) mass is 220 g/mol. The third-order valence-electron chi connectivity index (χ3n) is 3.61. The number of aliphatic hydroxyl groups is 1. The van der Waals surface area contributed by atoms with Gasteiger partial charge in [0.25, 0.3) is 0 Å². The van der Waals surface area contributed by atoms with Crippen LogP contribution in [-0.2, 0) is 10.2 Å². The molecule has 1 aromatic carbocycles. The lowest BCUT2D eigenvalue weighted by Gasteiger charge is -2.21. The molecule has 0 aromatic heterocycles. The van der Waals surface area contributed by atoms with Crippen molar-refractivity contribution in [3.8, 4) is 0 Å². The number of ether oxygens (including phenoxy) is 1. The lowest BCUT2D eigenvalue weighted by molar-refractivity contribution is 0.170. The molecule has 2 rings (SSSR count). The van der Waals surface area contributed by atoms with Crippen molar-refractivity contribution in [3.05, 3.63) is 35.4 Å². The summed E-state index contributed by atoms with van der Waals surface area (Å²) in [5.41, 5.74) is 2.88. The van der Waals surface area contributed by atoms with Crippen molar-refractivity contribution in [2.45, 2.75) is 31.1 Å². The van der Waals surface area contributed by atoms with Gasteiger partial charge in [-0.15, -0.1) is 0 Å². The molecule has 2 nitrogen and oxygen atoms in total. The van der Waals surface area contributed by atoms with Crippen LogP contribution in [0.4, 0.5) is 0 Å². The fourth-order valence-corrected chi connectivity index (χ4v) is 2.43. The first-order valence-electron chi connectivity index (χ1n) is 5.93. The van der Waals surface area contributed by atoms with Crippen molar-refractivity contribution in [2.24, 2.45) is 0 Å². The van der Waals surface area contributed by atoms with Gasteiger partial charge in [0.1, 0.15) is 0 Å². The van der Waals surface area contributed by atoms with E-state index < -0.39 is 0 Å². The summed E-state index contributed by atoms with van der Waals surface area (Å²) in [7, 11) is 1.76. The zero-order valence-corrected chi connectivity index (χ0v) is 10.1. The predicted molar refractivity (Wildman–Crippen MR) is 64.7 cm³/mol. The molecule has 2 heteroatoms. The standard InChI is InChI=1S/C14H20O2/c1-11(9-15)12-5-3-4-6-13(12)14(7-8-14)10-16-2/h3-6,11,15H,7-10H2,1-2H3. The number of rotatable bonds is 5. The van der Waals surface area contributed by atoms with Crippen LogP contribution < -0.4 is 0 Å². The van der Waals surface area contributed by atoms with Crippen molar-refractivity contribution in [2.75, 3.05) is 20.3 Å². The third kappa shape index (κ3) is 2.00. The molecule has 1 unspecified atom stereocenters. The Morgan fingerprint density at radius 1 is 1.38 bits per heavy atom. The first-order chi connectivity index (χ1) is 7.73. The van der Waals surface area contributed by atoms with E-state index >= 15 is 0 Å². The minimum Gasteiger partial charge on any atom is -0.396 e. The molecule has 1 aliphatic rings. The maximum Gasteiger partial charge on any atom is 0.0559 e. The van der Waals surface area contributed by atoms with E-state index in [0.717, 1.165) is 6.61 Å². The summed E-state index contributed by atoms with van der Waals surface area (Å²) < 4.78 is 5.33. The summed E-state index contributed by atoms with van der Waals surface area (Å²) in [6.07, 6.45) is 2.41. The second-order valence-corrected chi connectivity index (χ2v) is 4.88. The maximum atomic E-state index is 9.30. The number of aliphatic hydroxyl groups excluding tert-OH is 1. The molecule has 0 heterocycles. The first kappa shape index (κ1) is 11.6. The Bertz CT molecular complexity index is 356. The van der Waals surface area contributed by atoms with E-state index in [1.165, 1.54) is 24.0 Å². The summed E-state index contributed by atoms with van der Waals surface area (Å²) in [5, 5.41) is 9.30. The summed E-state index contributed by atoms with van der Waals surface area (Å²) in [6.45, 7) is 3.07. The van der Waals surface area contributed by atoms with Crippen molar-refractivity contribution in [3.63, 3.8) is 0 Å². The lowest BCUT2D eigenvalue weighted by atomic mass is 9.87. The number of benzene rings is 1. The van der Waals surface area contributed by atoms with E-state index in [-0.39, 0.29) is 17.9 Å². The number of hydrogen-bond donors (Lipinski definition) is 1. The van der Waals surface area contributed by atoms with Gasteiger partial charge in [0.15, 0.2) is 0 Å². The molecule has 1 aliphatic carbocycles. The molecule has 0 saturated heterocycles. The van der Waals surface area contributed by atoms with Crippen LogP contribution in [0.3, 0.4) is 0 Å². The Morgan fingerprint density at radius 3 is 2.62 bits per heavy atom. The van der Waals surface area contributed by atoms with Crippen LogP contribution in [-0.4, -0.2) is 25.4 Å². The van der Waals surface area contributed by atoms with Gasteiger partial charge >= 0.3 is 0 Å². The molecule has 0 radical (unpaired) electrons. The van der Waals surface area contributed by atoms with Crippen LogP contribution in [0.5, 0.6) is 0 Å².